The number of aryl methyl sites for hydroxylation is 1. The smallest absolute Gasteiger partial charge is 0.338 e. The molecule has 1 aliphatic rings. The van der Waals surface area contributed by atoms with Crippen LogP contribution in [0.1, 0.15) is 30.9 Å². The second kappa shape index (κ2) is 5.82. The maximum atomic E-state index is 12.2. The van der Waals surface area contributed by atoms with Crippen molar-refractivity contribution in [3.63, 3.8) is 0 Å². The van der Waals surface area contributed by atoms with Crippen molar-refractivity contribution in [2.75, 3.05) is 6.61 Å². The fourth-order valence-corrected chi connectivity index (χ4v) is 2.45. The first kappa shape index (κ1) is 14.2. The van der Waals surface area contributed by atoms with Gasteiger partial charge in [0.15, 0.2) is 0 Å². The topological polar surface area (TPSA) is 64.3 Å². The molecule has 0 saturated carbocycles. The predicted octanol–water partition coefficient (Wildman–Crippen LogP) is 2.32. The molecule has 0 saturated heterocycles. The molecular formula is C16H20N2O2. The highest BCUT2D eigenvalue weighted by molar-refractivity contribution is 5.92. The molecule has 4 nitrogen and oxygen atoms in total. The second-order valence-electron chi connectivity index (χ2n) is 4.86. The maximum Gasteiger partial charge on any atom is 0.338 e. The normalized spacial score (nSPS) is 18.4. The van der Waals surface area contributed by atoms with E-state index in [9.17, 15) is 4.79 Å². The van der Waals surface area contributed by atoms with Crippen molar-refractivity contribution >= 4 is 5.97 Å². The average Bonchev–Trinajstić information content (AvgIpc) is 2.38. The lowest BCUT2D eigenvalue weighted by Gasteiger charge is -2.26. The number of benzene rings is 1. The quantitative estimate of drug-likeness (QED) is 0.829. The molecule has 20 heavy (non-hydrogen) atoms. The van der Waals surface area contributed by atoms with Gasteiger partial charge in [-0.05, 0) is 31.9 Å². The van der Waals surface area contributed by atoms with Gasteiger partial charge in [0.1, 0.15) is 5.82 Å². The third kappa shape index (κ3) is 2.69. The van der Waals surface area contributed by atoms with Crippen LogP contribution < -0.4 is 11.1 Å². The number of carbonyl (C=O) groups is 1. The van der Waals surface area contributed by atoms with E-state index in [0.717, 1.165) is 16.8 Å². The fraction of sp³-hybridized carbons (Fsp3) is 0.312. The summed E-state index contributed by atoms with van der Waals surface area (Å²) in [5.74, 6) is -0.164. The Balaban J connectivity index is 2.49. The monoisotopic (exact) mass is 272 g/mol. The van der Waals surface area contributed by atoms with E-state index >= 15 is 0 Å². The van der Waals surface area contributed by atoms with Crippen molar-refractivity contribution in [1.29, 1.82) is 0 Å². The van der Waals surface area contributed by atoms with Crippen molar-refractivity contribution in [2.45, 2.75) is 26.7 Å². The van der Waals surface area contributed by atoms with Gasteiger partial charge in [0, 0.05) is 11.6 Å². The van der Waals surface area contributed by atoms with Gasteiger partial charge >= 0.3 is 5.97 Å². The fourth-order valence-electron chi connectivity index (χ4n) is 2.45. The molecule has 2 rings (SSSR count). The predicted molar refractivity (Wildman–Crippen MR) is 78.7 cm³/mol. The molecule has 4 heteroatoms. The second-order valence-corrected chi connectivity index (χ2v) is 4.86. The lowest BCUT2D eigenvalue weighted by Crippen LogP contribution is -2.31. The lowest BCUT2D eigenvalue weighted by atomic mass is 9.86. The molecule has 0 aromatic heterocycles. The molecule has 1 atom stereocenters. The Morgan fingerprint density at radius 3 is 2.70 bits per heavy atom. The first-order chi connectivity index (χ1) is 9.54. The number of dihydropyridines is 1. The Morgan fingerprint density at radius 2 is 2.05 bits per heavy atom. The summed E-state index contributed by atoms with van der Waals surface area (Å²) in [6, 6.07) is 7.99. The molecule has 3 N–H and O–H groups in total. The molecular weight excluding hydrogens is 252 g/mol. The first-order valence-corrected chi connectivity index (χ1v) is 6.72. The number of rotatable bonds is 3. The van der Waals surface area contributed by atoms with E-state index in [2.05, 4.69) is 5.32 Å². The SMILES string of the molecule is CCOC(=O)C1=C(N)NC(C)=CC1c1ccccc1C. The lowest BCUT2D eigenvalue weighted by molar-refractivity contribution is -0.138. The van der Waals surface area contributed by atoms with Crippen molar-refractivity contribution in [3.8, 4) is 0 Å². The Hall–Kier alpha value is -2.23. The van der Waals surface area contributed by atoms with Gasteiger partial charge in [0.05, 0.1) is 12.2 Å². The number of allylic oxidation sites excluding steroid dienone is 2. The largest absolute Gasteiger partial charge is 0.463 e. The summed E-state index contributed by atoms with van der Waals surface area (Å²) in [6.07, 6.45) is 2.00. The zero-order chi connectivity index (χ0) is 14.7. The summed E-state index contributed by atoms with van der Waals surface area (Å²) < 4.78 is 5.13. The van der Waals surface area contributed by atoms with Gasteiger partial charge in [-0.1, -0.05) is 30.3 Å². The summed E-state index contributed by atoms with van der Waals surface area (Å²) in [5, 5.41) is 3.01. The Bertz CT molecular complexity index is 588. The Morgan fingerprint density at radius 1 is 1.35 bits per heavy atom. The summed E-state index contributed by atoms with van der Waals surface area (Å²) in [6.45, 7) is 6.08. The van der Waals surface area contributed by atoms with Crippen LogP contribution in [0.5, 0.6) is 0 Å². The Labute approximate surface area is 119 Å². The van der Waals surface area contributed by atoms with Crippen LogP contribution in [-0.2, 0) is 9.53 Å². The molecule has 0 aliphatic carbocycles. The molecule has 1 aromatic carbocycles. The van der Waals surface area contributed by atoms with Gasteiger partial charge in [-0.25, -0.2) is 4.79 Å². The molecule has 0 spiro atoms. The Kier molecular flexibility index (Phi) is 4.13. The molecule has 1 heterocycles. The van der Waals surface area contributed by atoms with E-state index in [1.165, 1.54) is 0 Å². The number of hydrogen-bond acceptors (Lipinski definition) is 4. The number of nitrogens with two attached hydrogens (primary N) is 1. The minimum absolute atomic E-state index is 0.170. The van der Waals surface area contributed by atoms with Crippen molar-refractivity contribution in [3.05, 3.63) is 58.6 Å². The highest BCUT2D eigenvalue weighted by Gasteiger charge is 2.29. The third-order valence-corrected chi connectivity index (χ3v) is 3.37. The number of ether oxygens (including phenoxy) is 1. The van der Waals surface area contributed by atoms with Gasteiger partial charge < -0.3 is 15.8 Å². The van der Waals surface area contributed by atoms with Crippen LogP contribution in [-0.4, -0.2) is 12.6 Å². The van der Waals surface area contributed by atoms with Crippen molar-refractivity contribution in [1.82, 2.24) is 5.32 Å². The minimum atomic E-state index is -0.366. The molecule has 1 aromatic rings. The van der Waals surface area contributed by atoms with E-state index in [4.69, 9.17) is 10.5 Å². The van der Waals surface area contributed by atoms with Gasteiger partial charge in [0.2, 0.25) is 0 Å². The highest BCUT2D eigenvalue weighted by atomic mass is 16.5. The summed E-state index contributed by atoms with van der Waals surface area (Å²) >= 11 is 0. The molecule has 1 aliphatic heterocycles. The maximum absolute atomic E-state index is 12.2. The van der Waals surface area contributed by atoms with Gasteiger partial charge in [-0.15, -0.1) is 0 Å². The van der Waals surface area contributed by atoms with Crippen LogP contribution >= 0.6 is 0 Å². The van der Waals surface area contributed by atoms with Crippen LogP contribution in [0.25, 0.3) is 0 Å². The first-order valence-electron chi connectivity index (χ1n) is 6.72. The van der Waals surface area contributed by atoms with Gasteiger partial charge in [-0.2, -0.15) is 0 Å². The van der Waals surface area contributed by atoms with Gasteiger partial charge in [0.25, 0.3) is 0 Å². The van der Waals surface area contributed by atoms with Crippen LogP contribution in [0.3, 0.4) is 0 Å². The number of carbonyl (C=O) groups excluding carboxylic acids is 1. The van der Waals surface area contributed by atoms with E-state index in [1.807, 2.05) is 44.2 Å². The average molecular weight is 272 g/mol. The summed E-state index contributed by atoms with van der Waals surface area (Å²) in [5.41, 5.74) is 9.61. The standard InChI is InChI=1S/C16H20N2O2/c1-4-20-16(19)14-13(9-11(3)18-15(14)17)12-8-6-5-7-10(12)2/h5-9,13,18H,4,17H2,1-3H3. The van der Waals surface area contributed by atoms with E-state index in [0.29, 0.717) is 18.0 Å². The zero-order valence-electron chi connectivity index (χ0n) is 12.1. The van der Waals surface area contributed by atoms with E-state index in [1.54, 1.807) is 6.92 Å². The molecule has 0 fully saturated rings. The molecule has 0 bridgehead atoms. The number of esters is 1. The number of hydrogen-bond donors (Lipinski definition) is 2. The van der Waals surface area contributed by atoms with Crippen LogP contribution in [0, 0.1) is 6.92 Å². The zero-order valence-corrected chi connectivity index (χ0v) is 12.1. The van der Waals surface area contributed by atoms with E-state index < -0.39 is 0 Å². The molecule has 0 radical (unpaired) electrons. The number of nitrogens with one attached hydrogen (secondary N) is 1. The molecule has 0 amide bonds. The van der Waals surface area contributed by atoms with Crippen molar-refractivity contribution < 1.29 is 9.53 Å². The minimum Gasteiger partial charge on any atom is -0.463 e. The highest BCUT2D eigenvalue weighted by Crippen LogP contribution is 2.33. The molecule has 106 valence electrons. The third-order valence-electron chi connectivity index (χ3n) is 3.37. The molecule has 1 unspecified atom stereocenters. The van der Waals surface area contributed by atoms with Gasteiger partial charge in [-0.3, -0.25) is 0 Å². The van der Waals surface area contributed by atoms with Crippen LogP contribution in [0.15, 0.2) is 47.4 Å². The van der Waals surface area contributed by atoms with E-state index in [-0.39, 0.29) is 11.9 Å². The summed E-state index contributed by atoms with van der Waals surface area (Å²) in [7, 11) is 0. The van der Waals surface area contributed by atoms with Crippen LogP contribution in [0.4, 0.5) is 0 Å². The summed E-state index contributed by atoms with van der Waals surface area (Å²) in [4.78, 5) is 12.2. The van der Waals surface area contributed by atoms with Crippen molar-refractivity contribution in [2.24, 2.45) is 5.73 Å². The van der Waals surface area contributed by atoms with Crippen LogP contribution in [0.2, 0.25) is 0 Å².